The molecular formula is C18H19N5O2S. The lowest BCUT2D eigenvalue weighted by atomic mass is 10.1. The Balaban J connectivity index is 1.58. The van der Waals surface area contributed by atoms with E-state index in [0.717, 1.165) is 5.75 Å². The number of aromatic amines is 1. The minimum absolute atomic E-state index is 0.114. The van der Waals surface area contributed by atoms with Gasteiger partial charge in [0.05, 0.1) is 13.3 Å². The maximum absolute atomic E-state index is 9.82. The number of phenols is 1. The van der Waals surface area contributed by atoms with Gasteiger partial charge in [0.1, 0.15) is 11.5 Å². The zero-order valence-electron chi connectivity index (χ0n) is 14.4. The lowest BCUT2D eigenvalue weighted by Gasteiger charge is -2.02. The number of ether oxygens (including phenoxy) is 1. The fourth-order valence-electron chi connectivity index (χ4n) is 2.20. The van der Waals surface area contributed by atoms with E-state index < -0.39 is 0 Å². The minimum Gasteiger partial charge on any atom is -0.507 e. The summed E-state index contributed by atoms with van der Waals surface area (Å²) in [5.41, 5.74) is 5.80. The maximum Gasteiger partial charge on any atom is 0.240 e. The normalized spacial score (nSPS) is 11.0. The largest absolute Gasteiger partial charge is 0.507 e. The summed E-state index contributed by atoms with van der Waals surface area (Å²) in [5, 5.41) is 21.5. The first kappa shape index (κ1) is 17.8. The van der Waals surface area contributed by atoms with Crippen molar-refractivity contribution >= 4 is 23.9 Å². The highest BCUT2D eigenvalue weighted by molar-refractivity contribution is 7.98. The van der Waals surface area contributed by atoms with E-state index >= 15 is 0 Å². The number of nitrogens with one attached hydrogen (secondary N) is 2. The van der Waals surface area contributed by atoms with Gasteiger partial charge in [0.2, 0.25) is 11.1 Å². The van der Waals surface area contributed by atoms with Gasteiger partial charge in [0.25, 0.3) is 0 Å². The molecule has 1 heterocycles. The van der Waals surface area contributed by atoms with Crippen LogP contribution in [0.25, 0.3) is 0 Å². The summed E-state index contributed by atoms with van der Waals surface area (Å²) >= 11 is 1.54. The molecule has 0 fully saturated rings. The number of aromatic hydroxyl groups is 1. The molecular weight excluding hydrogens is 350 g/mol. The predicted molar refractivity (Wildman–Crippen MR) is 103 cm³/mol. The number of thioether (sulfide) groups is 1. The van der Waals surface area contributed by atoms with Crippen molar-refractivity contribution in [2.45, 2.75) is 17.8 Å². The van der Waals surface area contributed by atoms with Gasteiger partial charge in [0.15, 0.2) is 0 Å². The van der Waals surface area contributed by atoms with E-state index in [9.17, 15) is 5.11 Å². The Hall–Kier alpha value is -3.00. The molecule has 0 aliphatic rings. The number of anilines is 1. The average Bonchev–Trinajstić information content (AvgIpc) is 3.10. The molecule has 0 radical (unpaired) electrons. The van der Waals surface area contributed by atoms with E-state index in [1.54, 1.807) is 37.1 Å². The van der Waals surface area contributed by atoms with E-state index in [1.165, 1.54) is 17.3 Å². The number of aryl methyl sites for hydroxylation is 1. The Labute approximate surface area is 155 Å². The van der Waals surface area contributed by atoms with Crippen LogP contribution >= 0.6 is 11.8 Å². The summed E-state index contributed by atoms with van der Waals surface area (Å²) < 4.78 is 5.13. The van der Waals surface area contributed by atoms with Crippen LogP contribution in [0.5, 0.6) is 11.5 Å². The standard InChI is InChI=1S/C18H19N5O2S/c1-12-5-3-4-6-13(12)11-26-18-20-17(22-23-18)21-19-10-14-9-15(25-2)7-8-16(14)24/h3-10,24H,11H2,1-2H3,(H2,20,21,22,23)/b19-10+. The number of nitrogens with zero attached hydrogens (tertiary/aromatic N) is 3. The first-order chi connectivity index (χ1) is 12.7. The van der Waals surface area contributed by atoms with Gasteiger partial charge in [-0.25, -0.2) is 10.5 Å². The SMILES string of the molecule is COc1ccc(O)c(/C=N/Nc2nc(SCc3ccccc3C)n[nH]2)c1. The second-order valence-electron chi connectivity index (χ2n) is 5.48. The molecule has 3 aromatic rings. The zero-order valence-corrected chi connectivity index (χ0v) is 15.2. The topological polar surface area (TPSA) is 95.4 Å². The third kappa shape index (κ3) is 4.54. The van der Waals surface area contributed by atoms with E-state index in [2.05, 4.69) is 44.8 Å². The molecule has 134 valence electrons. The summed E-state index contributed by atoms with van der Waals surface area (Å²) in [5.74, 6) is 1.98. The number of aromatic nitrogens is 3. The molecule has 3 N–H and O–H groups in total. The molecule has 3 rings (SSSR count). The van der Waals surface area contributed by atoms with Gasteiger partial charge in [-0.05, 0) is 36.2 Å². The van der Waals surface area contributed by atoms with E-state index in [0.29, 0.717) is 22.4 Å². The van der Waals surface area contributed by atoms with Crippen LogP contribution in [-0.4, -0.2) is 33.6 Å². The van der Waals surface area contributed by atoms with Crippen LogP contribution in [0.4, 0.5) is 5.95 Å². The molecule has 1 aromatic heterocycles. The number of benzene rings is 2. The summed E-state index contributed by atoms with van der Waals surface area (Å²) in [6.45, 7) is 2.09. The van der Waals surface area contributed by atoms with Gasteiger partial charge >= 0.3 is 0 Å². The molecule has 2 aromatic carbocycles. The number of methoxy groups -OCH3 is 1. The first-order valence-electron chi connectivity index (χ1n) is 7.91. The Bertz CT molecular complexity index is 910. The summed E-state index contributed by atoms with van der Waals surface area (Å²) in [7, 11) is 1.57. The van der Waals surface area contributed by atoms with Crippen molar-refractivity contribution in [3.05, 3.63) is 59.2 Å². The van der Waals surface area contributed by atoms with Crippen LogP contribution in [0.15, 0.2) is 52.7 Å². The maximum atomic E-state index is 9.82. The predicted octanol–water partition coefficient (Wildman–Crippen LogP) is 3.57. The number of hydrazone groups is 1. The van der Waals surface area contributed by atoms with Crippen molar-refractivity contribution in [1.82, 2.24) is 15.2 Å². The number of phenolic OH excluding ortho intramolecular Hbond substituents is 1. The third-order valence-electron chi connectivity index (χ3n) is 3.69. The summed E-state index contributed by atoms with van der Waals surface area (Å²) in [4.78, 5) is 4.33. The van der Waals surface area contributed by atoms with Crippen LogP contribution in [-0.2, 0) is 5.75 Å². The summed E-state index contributed by atoms with van der Waals surface area (Å²) in [6.07, 6.45) is 1.49. The van der Waals surface area contributed by atoms with Gasteiger partial charge in [-0.1, -0.05) is 36.0 Å². The highest BCUT2D eigenvalue weighted by Gasteiger charge is 2.05. The molecule has 0 aliphatic carbocycles. The second-order valence-corrected chi connectivity index (χ2v) is 6.42. The number of H-pyrrole nitrogens is 1. The number of hydrogen-bond acceptors (Lipinski definition) is 7. The molecule has 0 saturated heterocycles. The molecule has 0 saturated carbocycles. The van der Waals surface area contributed by atoms with Gasteiger partial charge in [-0.2, -0.15) is 10.1 Å². The molecule has 0 spiro atoms. The fraction of sp³-hybridized carbons (Fsp3) is 0.167. The van der Waals surface area contributed by atoms with Crippen LogP contribution in [0.2, 0.25) is 0 Å². The summed E-state index contributed by atoms with van der Waals surface area (Å²) in [6, 6.07) is 13.1. The van der Waals surface area contributed by atoms with Gasteiger partial charge < -0.3 is 9.84 Å². The van der Waals surface area contributed by atoms with Crippen molar-refractivity contribution in [3.63, 3.8) is 0 Å². The van der Waals surface area contributed by atoms with E-state index in [-0.39, 0.29) is 5.75 Å². The molecule has 0 unspecified atom stereocenters. The van der Waals surface area contributed by atoms with Crippen LogP contribution in [0, 0.1) is 6.92 Å². The second kappa shape index (κ2) is 8.39. The Morgan fingerprint density at radius 3 is 2.96 bits per heavy atom. The quantitative estimate of drug-likeness (QED) is 0.335. The lowest BCUT2D eigenvalue weighted by molar-refractivity contribution is 0.412. The lowest BCUT2D eigenvalue weighted by Crippen LogP contribution is -1.93. The van der Waals surface area contributed by atoms with Crippen molar-refractivity contribution in [1.29, 1.82) is 0 Å². The van der Waals surface area contributed by atoms with Gasteiger partial charge in [-0.3, -0.25) is 0 Å². The van der Waals surface area contributed by atoms with Gasteiger partial charge in [-0.15, -0.1) is 5.10 Å². The van der Waals surface area contributed by atoms with Crippen LogP contribution in [0.1, 0.15) is 16.7 Å². The van der Waals surface area contributed by atoms with Crippen LogP contribution < -0.4 is 10.2 Å². The highest BCUT2D eigenvalue weighted by atomic mass is 32.2. The molecule has 0 aliphatic heterocycles. The Morgan fingerprint density at radius 2 is 2.15 bits per heavy atom. The molecule has 0 atom stereocenters. The number of rotatable bonds is 7. The van der Waals surface area contributed by atoms with Crippen molar-refractivity contribution < 1.29 is 9.84 Å². The van der Waals surface area contributed by atoms with Crippen LogP contribution in [0.3, 0.4) is 0 Å². The Kier molecular flexibility index (Phi) is 5.75. The molecule has 0 amide bonds. The number of hydrogen-bond donors (Lipinski definition) is 3. The van der Waals surface area contributed by atoms with E-state index in [4.69, 9.17) is 4.74 Å². The fourth-order valence-corrected chi connectivity index (χ4v) is 3.08. The first-order valence-corrected chi connectivity index (χ1v) is 8.90. The third-order valence-corrected chi connectivity index (χ3v) is 4.59. The smallest absolute Gasteiger partial charge is 0.240 e. The molecule has 7 nitrogen and oxygen atoms in total. The highest BCUT2D eigenvalue weighted by Crippen LogP contribution is 2.22. The van der Waals surface area contributed by atoms with E-state index in [1.807, 2.05) is 12.1 Å². The van der Waals surface area contributed by atoms with Crippen molar-refractivity contribution in [3.8, 4) is 11.5 Å². The zero-order chi connectivity index (χ0) is 18.4. The Morgan fingerprint density at radius 1 is 1.31 bits per heavy atom. The van der Waals surface area contributed by atoms with Crippen molar-refractivity contribution in [2.24, 2.45) is 5.10 Å². The minimum atomic E-state index is 0.114. The monoisotopic (exact) mass is 369 g/mol. The molecule has 0 bridgehead atoms. The van der Waals surface area contributed by atoms with Crippen molar-refractivity contribution in [2.75, 3.05) is 12.5 Å². The average molecular weight is 369 g/mol. The van der Waals surface area contributed by atoms with Gasteiger partial charge in [0, 0.05) is 11.3 Å². The molecule has 8 heteroatoms. The molecule has 26 heavy (non-hydrogen) atoms.